The average Bonchev–Trinajstić information content (AvgIpc) is 2.84. The molecule has 1 aromatic rings. The van der Waals surface area contributed by atoms with Crippen LogP contribution < -0.4 is 11.1 Å². The van der Waals surface area contributed by atoms with Crippen LogP contribution in [0.3, 0.4) is 0 Å². The Bertz CT molecular complexity index is 751. The van der Waals surface area contributed by atoms with Crippen LogP contribution in [0.4, 0.5) is 5.00 Å². The second-order valence-electron chi connectivity index (χ2n) is 8.55. The van der Waals surface area contributed by atoms with Gasteiger partial charge in [-0.15, -0.1) is 11.3 Å². The van der Waals surface area contributed by atoms with E-state index in [1.165, 1.54) is 16.2 Å². The quantitative estimate of drug-likeness (QED) is 0.594. The van der Waals surface area contributed by atoms with E-state index in [4.69, 9.17) is 5.73 Å². The number of carbonyl (C=O) groups is 2. The molecule has 3 N–H and O–H groups in total. The monoisotopic (exact) mass is 490 g/mol. The third-order valence-corrected chi connectivity index (χ3v) is 9.20. The largest absolute Gasteiger partial charge is 0.365 e. The van der Waals surface area contributed by atoms with Crippen LogP contribution in [-0.2, 0) is 17.6 Å². The SMILES string of the molecule is CC(C)(C)[C@@H]1CCc2c(sc(NC(=O)[C@@]3(C)CC3(Br)Br)c2C(N)=O)C1. The number of thiophene rings is 1. The van der Waals surface area contributed by atoms with Gasteiger partial charge in [0.25, 0.3) is 5.91 Å². The zero-order chi connectivity index (χ0) is 18.8. The molecule has 2 aliphatic carbocycles. The molecule has 138 valence electrons. The van der Waals surface area contributed by atoms with E-state index in [-0.39, 0.29) is 14.6 Å². The summed E-state index contributed by atoms with van der Waals surface area (Å²) in [5.41, 5.74) is 6.91. The Morgan fingerprint density at radius 3 is 2.40 bits per heavy atom. The van der Waals surface area contributed by atoms with Crippen molar-refractivity contribution >= 4 is 60.0 Å². The van der Waals surface area contributed by atoms with E-state index in [1.54, 1.807) is 0 Å². The standard InChI is InChI=1S/C18H24Br2N2O2S/c1-16(2,3)9-5-6-10-11(7-9)25-14(12(10)13(21)23)22-15(24)17(4)8-18(17,19)20/h9H,5-8H2,1-4H3,(H2,21,23)(H,22,24)/t9-,17-/m1/s1. The van der Waals surface area contributed by atoms with Crippen molar-refractivity contribution in [3.05, 3.63) is 16.0 Å². The first-order valence-electron chi connectivity index (χ1n) is 8.50. The molecule has 0 bridgehead atoms. The van der Waals surface area contributed by atoms with Crippen LogP contribution >= 0.6 is 43.2 Å². The molecule has 1 saturated carbocycles. The van der Waals surface area contributed by atoms with E-state index < -0.39 is 11.3 Å². The Hall–Kier alpha value is -0.400. The summed E-state index contributed by atoms with van der Waals surface area (Å²) in [6.45, 7) is 8.67. The van der Waals surface area contributed by atoms with Crippen molar-refractivity contribution in [3.63, 3.8) is 0 Å². The molecule has 3 rings (SSSR count). The zero-order valence-corrected chi connectivity index (χ0v) is 19.0. The smallest absolute Gasteiger partial charge is 0.251 e. The number of nitrogens with two attached hydrogens (primary N) is 1. The minimum atomic E-state index is -0.527. The fourth-order valence-electron chi connectivity index (χ4n) is 3.56. The van der Waals surface area contributed by atoms with Gasteiger partial charge in [0.2, 0.25) is 5.91 Å². The molecule has 1 aromatic heterocycles. The molecule has 2 amide bonds. The van der Waals surface area contributed by atoms with Gasteiger partial charge in [-0.2, -0.15) is 0 Å². The highest BCUT2D eigenvalue weighted by atomic mass is 79.9. The number of carbonyl (C=O) groups excluding carboxylic acids is 2. The maximum Gasteiger partial charge on any atom is 0.251 e. The van der Waals surface area contributed by atoms with Gasteiger partial charge in [0.1, 0.15) is 5.00 Å². The Balaban J connectivity index is 1.90. The van der Waals surface area contributed by atoms with Gasteiger partial charge in [0.15, 0.2) is 0 Å². The maximum absolute atomic E-state index is 12.7. The highest BCUT2D eigenvalue weighted by molar-refractivity contribution is 9.25. The number of nitrogens with one attached hydrogen (secondary N) is 1. The van der Waals surface area contributed by atoms with E-state index in [1.807, 2.05) is 6.92 Å². The molecule has 0 radical (unpaired) electrons. The zero-order valence-electron chi connectivity index (χ0n) is 15.0. The van der Waals surface area contributed by atoms with Crippen LogP contribution in [0.1, 0.15) is 61.3 Å². The molecular weight excluding hydrogens is 468 g/mol. The third-order valence-electron chi connectivity index (χ3n) is 5.72. The molecule has 4 nitrogen and oxygen atoms in total. The summed E-state index contributed by atoms with van der Waals surface area (Å²) in [7, 11) is 0. The van der Waals surface area contributed by atoms with E-state index in [2.05, 4.69) is 57.9 Å². The van der Waals surface area contributed by atoms with Crippen molar-refractivity contribution in [3.8, 4) is 0 Å². The first-order chi connectivity index (χ1) is 11.4. The molecule has 1 heterocycles. The molecule has 0 aromatic carbocycles. The van der Waals surface area contributed by atoms with E-state index >= 15 is 0 Å². The summed E-state index contributed by atoms with van der Waals surface area (Å²) in [6, 6.07) is 0. The molecule has 0 aliphatic heterocycles. The Labute approximate surface area is 169 Å². The van der Waals surface area contributed by atoms with Gasteiger partial charge >= 0.3 is 0 Å². The van der Waals surface area contributed by atoms with Crippen LogP contribution in [0.5, 0.6) is 0 Å². The molecule has 2 aliphatic rings. The molecule has 7 heteroatoms. The van der Waals surface area contributed by atoms with Crippen molar-refractivity contribution in [1.82, 2.24) is 0 Å². The Kier molecular flexibility index (Phi) is 4.69. The van der Waals surface area contributed by atoms with Crippen molar-refractivity contribution in [2.45, 2.75) is 56.6 Å². The number of hydrogen-bond donors (Lipinski definition) is 2. The molecule has 0 spiro atoms. The number of amides is 2. The van der Waals surface area contributed by atoms with Gasteiger partial charge in [-0.25, -0.2) is 0 Å². The van der Waals surface area contributed by atoms with Gasteiger partial charge in [0, 0.05) is 4.88 Å². The lowest BCUT2D eigenvalue weighted by molar-refractivity contribution is -0.120. The lowest BCUT2D eigenvalue weighted by atomic mass is 9.72. The summed E-state index contributed by atoms with van der Waals surface area (Å²) in [5.74, 6) is 0.0308. The average molecular weight is 492 g/mol. The number of fused-ring (bicyclic) bond motifs is 1. The topological polar surface area (TPSA) is 72.2 Å². The first kappa shape index (κ1) is 19.4. The van der Waals surface area contributed by atoms with Crippen molar-refractivity contribution in [2.24, 2.45) is 22.5 Å². The summed E-state index contributed by atoms with van der Waals surface area (Å²) in [5, 5.41) is 3.59. The number of hydrogen-bond acceptors (Lipinski definition) is 3. The molecule has 1 fully saturated rings. The summed E-state index contributed by atoms with van der Waals surface area (Å²) >= 11 is 8.57. The number of alkyl halides is 2. The van der Waals surface area contributed by atoms with Crippen LogP contribution in [-0.4, -0.2) is 15.0 Å². The van der Waals surface area contributed by atoms with Gasteiger partial charge in [-0.3, -0.25) is 9.59 Å². The number of rotatable bonds is 3. The number of halogens is 2. The predicted octanol–water partition coefficient (Wildman–Crippen LogP) is 4.83. The maximum atomic E-state index is 12.7. The molecule has 2 atom stereocenters. The normalized spacial score (nSPS) is 27.5. The molecule has 0 saturated heterocycles. The second kappa shape index (κ2) is 6.06. The fourth-order valence-corrected chi connectivity index (χ4v) is 6.37. The Morgan fingerprint density at radius 1 is 1.32 bits per heavy atom. The highest BCUT2D eigenvalue weighted by Crippen LogP contribution is 2.66. The minimum absolute atomic E-state index is 0.0882. The number of anilines is 1. The van der Waals surface area contributed by atoms with Crippen LogP contribution in [0.2, 0.25) is 0 Å². The fraction of sp³-hybridized carbons (Fsp3) is 0.667. The summed E-state index contributed by atoms with van der Waals surface area (Å²) < 4.78 is -0.363. The molecule has 0 unspecified atom stereocenters. The van der Waals surface area contributed by atoms with Gasteiger partial charge < -0.3 is 11.1 Å². The minimum Gasteiger partial charge on any atom is -0.365 e. The summed E-state index contributed by atoms with van der Waals surface area (Å²) in [6.07, 6.45) is 3.54. The Morgan fingerprint density at radius 2 is 1.92 bits per heavy atom. The van der Waals surface area contributed by atoms with Crippen molar-refractivity contribution < 1.29 is 9.59 Å². The van der Waals surface area contributed by atoms with Gasteiger partial charge in [-0.1, -0.05) is 52.6 Å². The van der Waals surface area contributed by atoms with Crippen LogP contribution in [0, 0.1) is 16.7 Å². The van der Waals surface area contributed by atoms with E-state index in [9.17, 15) is 9.59 Å². The predicted molar refractivity (Wildman–Crippen MR) is 110 cm³/mol. The number of primary amides is 1. The lowest BCUT2D eigenvalue weighted by Crippen LogP contribution is -2.28. The van der Waals surface area contributed by atoms with Crippen molar-refractivity contribution in [2.75, 3.05) is 5.32 Å². The van der Waals surface area contributed by atoms with Crippen LogP contribution in [0.15, 0.2) is 0 Å². The second-order valence-corrected chi connectivity index (χ2v) is 13.4. The lowest BCUT2D eigenvalue weighted by Gasteiger charge is -2.33. The van der Waals surface area contributed by atoms with Gasteiger partial charge in [0.05, 0.1) is 14.2 Å². The molecular formula is C18H24Br2N2O2S. The van der Waals surface area contributed by atoms with E-state index in [0.717, 1.165) is 24.8 Å². The third kappa shape index (κ3) is 3.32. The molecule has 25 heavy (non-hydrogen) atoms. The highest BCUT2D eigenvalue weighted by Gasteiger charge is 2.66. The summed E-state index contributed by atoms with van der Waals surface area (Å²) in [4.78, 5) is 26.0. The van der Waals surface area contributed by atoms with Crippen LogP contribution in [0.25, 0.3) is 0 Å². The van der Waals surface area contributed by atoms with E-state index in [0.29, 0.717) is 22.9 Å². The first-order valence-corrected chi connectivity index (χ1v) is 10.9. The van der Waals surface area contributed by atoms with Crippen molar-refractivity contribution in [1.29, 1.82) is 0 Å². The van der Waals surface area contributed by atoms with Gasteiger partial charge in [-0.05, 0) is 49.5 Å².